The summed E-state index contributed by atoms with van der Waals surface area (Å²) in [6.45, 7) is 2.60. The first kappa shape index (κ1) is 12.3. The van der Waals surface area contributed by atoms with Crippen LogP contribution in [0, 0.1) is 6.92 Å². The highest BCUT2D eigenvalue weighted by atomic mass is 32.1. The van der Waals surface area contributed by atoms with Crippen molar-refractivity contribution in [2.75, 3.05) is 6.54 Å². The normalized spacial score (nSPS) is 18.2. The lowest BCUT2D eigenvalue weighted by Gasteiger charge is -2.31. The molecule has 1 aliphatic rings. The van der Waals surface area contributed by atoms with Gasteiger partial charge in [0.05, 0.1) is 18.3 Å². The maximum Gasteiger partial charge on any atom is 0.267 e. The Balaban J connectivity index is 1.89. The molecule has 1 N–H and O–H groups in total. The molecule has 5 nitrogen and oxygen atoms in total. The van der Waals surface area contributed by atoms with Gasteiger partial charge >= 0.3 is 0 Å². The molecular formula is C13H13N3O2S. The third-order valence-corrected chi connectivity index (χ3v) is 4.12. The Kier molecular flexibility index (Phi) is 3.04. The molecule has 0 fully saturated rings. The third kappa shape index (κ3) is 2.13. The van der Waals surface area contributed by atoms with Gasteiger partial charge in [-0.1, -0.05) is 28.8 Å². The molecule has 1 aromatic carbocycles. The minimum atomic E-state index is -0.630. The smallest absolute Gasteiger partial charge is 0.267 e. The molecule has 1 aliphatic heterocycles. The number of β-amino-alcohol motifs (C(OH)–C–C–N with tert-alkyl or cyclic N) is 1. The van der Waals surface area contributed by atoms with Gasteiger partial charge in [-0.05, 0) is 29.6 Å². The Bertz CT molecular complexity index is 626. The molecule has 1 atom stereocenters. The van der Waals surface area contributed by atoms with Gasteiger partial charge in [-0.3, -0.25) is 4.79 Å². The number of carbonyl (C=O) groups is 1. The molecule has 6 heteroatoms. The highest BCUT2D eigenvalue weighted by Crippen LogP contribution is 2.27. The van der Waals surface area contributed by atoms with Gasteiger partial charge < -0.3 is 10.0 Å². The molecule has 98 valence electrons. The number of amides is 1. The Morgan fingerprint density at radius 2 is 2.26 bits per heavy atom. The van der Waals surface area contributed by atoms with Gasteiger partial charge in [-0.15, -0.1) is 5.10 Å². The van der Waals surface area contributed by atoms with Gasteiger partial charge in [-0.2, -0.15) is 0 Å². The van der Waals surface area contributed by atoms with E-state index in [0.29, 0.717) is 23.7 Å². The molecular weight excluding hydrogens is 262 g/mol. The number of benzene rings is 1. The first-order chi connectivity index (χ1) is 9.16. The maximum absolute atomic E-state index is 12.4. The van der Waals surface area contributed by atoms with E-state index in [1.165, 1.54) is 0 Å². The summed E-state index contributed by atoms with van der Waals surface area (Å²) in [7, 11) is 0. The summed E-state index contributed by atoms with van der Waals surface area (Å²) in [6, 6.07) is 7.66. The SMILES string of the molecule is Cc1nnsc1C(=O)N1Cc2ccccc2[C@@H](O)C1. The van der Waals surface area contributed by atoms with E-state index in [0.717, 1.165) is 22.7 Å². The quantitative estimate of drug-likeness (QED) is 0.857. The molecule has 0 unspecified atom stereocenters. The fourth-order valence-corrected chi connectivity index (χ4v) is 2.93. The third-order valence-electron chi connectivity index (χ3n) is 3.30. The molecule has 3 rings (SSSR count). The number of hydrogen-bond acceptors (Lipinski definition) is 5. The van der Waals surface area contributed by atoms with Crippen LogP contribution in [0.15, 0.2) is 24.3 Å². The van der Waals surface area contributed by atoms with Crippen LogP contribution in [0.4, 0.5) is 0 Å². The van der Waals surface area contributed by atoms with Gasteiger partial charge in [0, 0.05) is 6.54 Å². The Labute approximate surface area is 114 Å². The van der Waals surface area contributed by atoms with Gasteiger partial charge in [0.15, 0.2) is 0 Å². The predicted octanol–water partition coefficient (Wildman–Crippen LogP) is 1.54. The summed E-state index contributed by atoms with van der Waals surface area (Å²) in [5, 5.41) is 14.0. The van der Waals surface area contributed by atoms with Crippen molar-refractivity contribution in [2.45, 2.75) is 19.6 Å². The lowest BCUT2D eigenvalue weighted by atomic mass is 9.97. The summed E-state index contributed by atoms with van der Waals surface area (Å²) in [4.78, 5) is 14.6. The first-order valence-corrected chi connectivity index (χ1v) is 6.78. The molecule has 0 aliphatic carbocycles. The molecule has 0 saturated carbocycles. The van der Waals surface area contributed by atoms with E-state index in [1.807, 2.05) is 24.3 Å². The van der Waals surface area contributed by atoms with Crippen molar-refractivity contribution < 1.29 is 9.90 Å². The molecule has 19 heavy (non-hydrogen) atoms. The van der Waals surface area contributed by atoms with Crippen LogP contribution in [0.25, 0.3) is 0 Å². The fourth-order valence-electron chi connectivity index (χ4n) is 2.31. The molecule has 1 amide bonds. The maximum atomic E-state index is 12.4. The largest absolute Gasteiger partial charge is 0.387 e. The van der Waals surface area contributed by atoms with Crippen LogP contribution < -0.4 is 0 Å². The van der Waals surface area contributed by atoms with Crippen LogP contribution in [0.3, 0.4) is 0 Å². The number of aromatic nitrogens is 2. The fraction of sp³-hybridized carbons (Fsp3) is 0.308. The Morgan fingerprint density at radius 1 is 1.47 bits per heavy atom. The van der Waals surface area contributed by atoms with E-state index < -0.39 is 6.10 Å². The van der Waals surface area contributed by atoms with Crippen molar-refractivity contribution in [3.8, 4) is 0 Å². The van der Waals surface area contributed by atoms with Crippen molar-refractivity contribution in [3.05, 3.63) is 46.0 Å². The lowest BCUT2D eigenvalue weighted by molar-refractivity contribution is 0.0553. The van der Waals surface area contributed by atoms with E-state index >= 15 is 0 Å². The summed E-state index contributed by atoms with van der Waals surface area (Å²) in [5.74, 6) is -0.110. The van der Waals surface area contributed by atoms with Crippen LogP contribution in [0.2, 0.25) is 0 Å². The molecule has 0 radical (unpaired) electrons. The van der Waals surface area contributed by atoms with Gasteiger partial charge in [0.1, 0.15) is 4.88 Å². The zero-order valence-electron chi connectivity index (χ0n) is 10.4. The second-order valence-electron chi connectivity index (χ2n) is 4.59. The number of hydrogen-bond donors (Lipinski definition) is 1. The monoisotopic (exact) mass is 275 g/mol. The number of aliphatic hydroxyl groups excluding tert-OH is 1. The van der Waals surface area contributed by atoms with Crippen LogP contribution in [0.1, 0.15) is 32.6 Å². The number of aryl methyl sites for hydroxylation is 1. The molecule has 0 saturated heterocycles. The second kappa shape index (κ2) is 4.71. The zero-order chi connectivity index (χ0) is 13.4. The van der Waals surface area contributed by atoms with Gasteiger partial charge in [0.2, 0.25) is 0 Å². The predicted molar refractivity (Wildman–Crippen MR) is 70.8 cm³/mol. The van der Waals surface area contributed by atoms with Crippen molar-refractivity contribution in [2.24, 2.45) is 0 Å². The highest BCUT2D eigenvalue weighted by molar-refractivity contribution is 7.07. The van der Waals surface area contributed by atoms with E-state index in [-0.39, 0.29) is 5.91 Å². The van der Waals surface area contributed by atoms with Crippen LogP contribution >= 0.6 is 11.5 Å². The number of rotatable bonds is 1. The van der Waals surface area contributed by atoms with Crippen molar-refractivity contribution >= 4 is 17.4 Å². The first-order valence-electron chi connectivity index (χ1n) is 6.01. The minimum Gasteiger partial charge on any atom is -0.387 e. The van der Waals surface area contributed by atoms with Gasteiger partial charge in [0.25, 0.3) is 5.91 Å². The summed E-state index contributed by atoms with van der Waals surface area (Å²) < 4.78 is 3.78. The number of nitrogens with zero attached hydrogens (tertiary/aromatic N) is 3. The van der Waals surface area contributed by atoms with E-state index in [2.05, 4.69) is 9.59 Å². The summed E-state index contributed by atoms with van der Waals surface area (Å²) in [5.41, 5.74) is 2.54. The van der Waals surface area contributed by atoms with Crippen molar-refractivity contribution in [1.29, 1.82) is 0 Å². The van der Waals surface area contributed by atoms with Crippen molar-refractivity contribution in [3.63, 3.8) is 0 Å². The lowest BCUT2D eigenvalue weighted by Crippen LogP contribution is -2.38. The van der Waals surface area contributed by atoms with E-state index in [1.54, 1.807) is 11.8 Å². The van der Waals surface area contributed by atoms with Gasteiger partial charge in [-0.25, -0.2) is 0 Å². The zero-order valence-corrected chi connectivity index (χ0v) is 11.2. The summed E-state index contributed by atoms with van der Waals surface area (Å²) >= 11 is 1.10. The molecule has 0 bridgehead atoms. The number of carbonyl (C=O) groups excluding carboxylic acids is 1. The molecule has 1 aromatic heterocycles. The second-order valence-corrected chi connectivity index (χ2v) is 5.34. The van der Waals surface area contributed by atoms with E-state index in [9.17, 15) is 9.90 Å². The topological polar surface area (TPSA) is 66.3 Å². The Morgan fingerprint density at radius 3 is 3.00 bits per heavy atom. The van der Waals surface area contributed by atoms with Crippen LogP contribution in [-0.4, -0.2) is 32.0 Å². The molecule has 2 heterocycles. The number of fused-ring (bicyclic) bond motifs is 1. The number of aliphatic hydroxyl groups is 1. The highest BCUT2D eigenvalue weighted by Gasteiger charge is 2.28. The average molecular weight is 275 g/mol. The minimum absolute atomic E-state index is 0.110. The van der Waals surface area contributed by atoms with Crippen LogP contribution in [0.5, 0.6) is 0 Å². The molecule has 2 aromatic rings. The van der Waals surface area contributed by atoms with Crippen LogP contribution in [-0.2, 0) is 6.54 Å². The standard InChI is InChI=1S/C13H13N3O2S/c1-8-12(19-15-14-8)13(18)16-6-9-4-2-3-5-10(9)11(17)7-16/h2-5,11,17H,6-7H2,1H3/t11-/m0/s1. The van der Waals surface area contributed by atoms with E-state index in [4.69, 9.17) is 0 Å². The molecule has 0 spiro atoms. The van der Waals surface area contributed by atoms with Crippen molar-refractivity contribution in [1.82, 2.24) is 14.5 Å². The Hall–Kier alpha value is -1.79. The summed E-state index contributed by atoms with van der Waals surface area (Å²) in [6.07, 6.45) is -0.630. The average Bonchev–Trinajstić information content (AvgIpc) is 2.84.